The van der Waals surface area contributed by atoms with Crippen molar-refractivity contribution in [2.75, 3.05) is 0 Å². The Morgan fingerprint density at radius 3 is 2.11 bits per heavy atom. The number of ketones is 1. The molecule has 0 aromatic heterocycles. The monoisotopic (exact) mass is 270 g/mol. The molecule has 0 fully saturated rings. The van der Waals surface area contributed by atoms with Crippen LogP contribution in [0.2, 0.25) is 0 Å². The molecule has 18 heavy (non-hydrogen) atoms. The van der Waals surface area contributed by atoms with Gasteiger partial charge in [0.15, 0.2) is 5.78 Å². The fourth-order valence-corrected chi connectivity index (χ4v) is 2.44. The van der Waals surface area contributed by atoms with Crippen LogP contribution in [0.5, 0.6) is 0 Å². The maximum absolute atomic E-state index is 11.8. The molecule has 0 heterocycles. The highest BCUT2D eigenvalue weighted by Crippen LogP contribution is 2.11. The van der Waals surface area contributed by atoms with Crippen LogP contribution >= 0.6 is 0 Å². The third-order valence-corrected chi connectivity index (χ3v) is 3.89. The lowest BCUT2D eigenvalue weighted by Gasteiger charge is -2.11. The number of nitrogens with two attached hydrogens (primary N) is 1. The minimum absolute atomic E-state index is 0.0272. The zero-order chi connectivity index (χ0) is 13.9. The van der Waals surface area contributed by atoms with Crippen LogP contribution in [0.3, 0.4) is 0 Å². The van der Waals surface area contributed by atoms with E-state index in [0.717, 1.165) is 0 Å². The molecule has 7 heteroatoms. The SMILES string of the molecule is CC(=O)c1ccc(S(=O)(=O)NC(C)C(N)=O)cc1. The van der Waals surface area contributed by atoms with E-state index in [9.17, 15) is 18.0 Å². The molecule has 1 atom stereocenters. The number of rotatable bonds is 5. The van der Waals surface area contributed by atoms with Crippen molar-refractivity contribution in [2.24, 2.45) is 5.73 Å². The maximum atomic E-state index is 11.8. The van der Waals surface area contributed by atoms with Crippen LogP contribution in [0.15, 0.2) is 29.2 Å². The molecule has 0 bridgehead atoms. The summed E-state index contributed by atoms with van der Waals surface area (Å²) >= 11 is 0. The number of benzene rings is 1. The first-order valence-corrected chi connectivity index (χ1v) is 6.65. The number of carbonyl (C=O) groups is 2. The van der Waals surface area contributed by atoms with Crippen LogP contribution < -0.4 is 10.5 Å². The molecule has 0 saturated carbocycles. The van der Waals surface area contributed by atoms with Crippen LogP contribution in [-0.4, -0.2) is 26.2 Å². The number of amides is 1. The topological polar surface area (TPSA) is 106 Å². The van der Waals surface area contributed by atoms with Gasteiger partial charge in [-0.25, -0.2) is 8.42 Å². The summed E-state index contributed by atoms with van der Waals surface area (Å²) in [6, 6.07) is 4.42. The maximum Gasteiger partial charge on any atom is 0.241 e. The smallest absolute Gasteiger partial charge is 0.241 e. The van der Waals surface area contributed by atoms with Crippen molar-refractivity contribution in [3.05, 3.63) is 29.8 Å². The number of nitrogens with one attached hydrogen (secondary N) is 1. The molecule has 0 aliphatic carbocycles. The van der Waals surface area contributed by atoms with Gasteiger partial charge in [-0.1, -0.05) is 12.1 Å². The highest BCUT2D eigenvalue weighted by atomic mass is 32.2. The molecule has 1 unspecified atom stereocenters. The molecule has 0 aliphatic rings. The van der Waals surface area contributed by atoms with E-state index in [1.807, 2.05) is 0 Å². The number of Topliss-reactive ketones (excluding diaryl/α,β-unsaturated/α-hetero) is 1. The highest BCUT2D eigenvalue weighted by molar-refractivity contribution is 7.89. The zero-order valence-electron chi connectivity index (χ0n) is 10.0. The van der Waals surface area contributed by atoms with Crippen molar-refractivity contribution < 1.29 is 18.0 Å². The second kappa shape index (κ2) is 5.28. The normalized spacial score (nSPS) is 13.0. The lowest BCUT2D eigenvalue weighted by molar-refractivity contribution is -0.119. The first-order chi connectivity index (χ1) is 8.24. The van der Waals surface area contributed by atoms with Gasteiger partial charge in [0, 0.05) is 5.56 Å². The third-order valence-electron chi connectivity index (χ3n) is 2.33. The minimum atomic E-state index is -3.81. The Morgan fingerprint density at radius 1 is 1.22 bits per heavy atom. The summed E-state index contributed by atoms with van der Waals surface area (Å²) in [6.45, 7) is 2.74. The Labute approximate surface area is 105 Å². The number of hydrogen-bond donors (Lipinski definition) is 2. The van der Waals surface area contributed by atoms with Crippen LogP contribution in [0.4, 0.5) is 0 Å². The number of sulfonamides is 1. The summed E-state index contributed by atoms with van der Waals surface area (Å²) in [7, 11) is -3.81. The van der Waals surface area contributed by atoms with Crippen molar-refractivity contribution in [3.63, 3.8) is 0 Å². The van der Waals surface area contributed by atoms with E-state index in [-0.39, 0.29) is 10.7 Å². The van der Waals surface area contributed by atoms with E-state index in [0.29, 0.717) is 5.56 Å². The van der Waals surface area contributed by atoms with Crippen LogP contribution in [0, 0.1) is 0 Å². The standard InChI is InChI=1S/C11H14N2O4S/c1-7(11(12)15)13-18(16,17)10-5-3-9(4-6-10)8(2)14/h3-7,13H,1-2H3,(H2,12,15). The molecule has 1 aromatic carbocycles. The van der Waals surface area contributed by atoms with Gasteiger partial charge in [-0.05, 0) is 26.0 Å². The second-order valence-corrected chi connectivity index (χ2v) is 5.54. The average molecular weight is 270 g/mol. The van der Waals surface area contributed by atoms with Crippen molar-refractivity contribution in [2.45, 2.75) is 24.8 Å². The first kappa shape index (κ1) is 14.3. The molecule has 0 aliphatic heterocycles. The summed E-state index contributed by atoms with van der Waals surface area (Å²) in [6.07, 6.45) is 0. The van der Waals surface area contributed by atoms with Gasteiger partial charge in [0.1, 0.15) is 0 Å². The Hall–Kier alpha value is -1.73. The molecule has 1 amide bonds. The van der Waals surface area contributed by atoms with Crippen molar-refractivity contribution in [3.8, 4) is 0 Å². The van der Waals surface area contributed by atoms with E-state index in [1.54, 1.807) is 0 Å². The predicted octanol–water partition coefficient (Wildman–Crippen LogP) is 0.0413. The Kier molecular flexibility index (Phi) is 4.20. The quantitative estimate of drug-likeness (QED) is 0.737. The third kappa shape index (κ3) is 3.38. The van der Waals surface area contributed by atoms with Gasteiger partial charge in [0.2, 0.25) is 15.9 Å². The van der Waals surface area contributed by atoms with Gasteiger partial charge in [-0.15, -0.1) is 0 Å². The molecule has 1 aromatic rings. The van der Waals surface area contributed by atoms with E-state index in [2.05, 4.69) is 4.72 Å². The average Bonchev–Trinajstić information content (AvgIpc) is 2.28. The summed E-state index contributed by atoms with van der Waals surface area (Å²) < 4.78 is 25.8. The highest BCUT2D eigenvalue weighted by Gasteiger charge is 2.20. The van der Waals surface area contributed by atoms with Crippen molar-refractivity contribution in [1.29, 1.82) is 0 Å². The lowest BCUT2D eigenvalue weighted by atomic mass is 10.2. The summed E-state index contributed by atoms with van der Waals surface area (Å²) in [5, 5.41) is 0. The fraction of sp³-hybridized carbons (Fsp3) is 0.273. The summed E-state index contributed by atoms with van der Waals surface area (Å²) in [4.78, 5) is 21.8. The minimum Gasteiger partial charge on any atom is -0.368 e. The van der Waals surface area contributed by atoms with Gasteiger partial charge in [-0.3, -0.25) is 9.59 Å². The summed E-state index contributed by atoms with van der Waals surface area (Å²) in [5.74, 6) is -0.920. The summed E-state index contributed by atoms with van der Waals surface area (Å²) in [5.41, 5.74) is 5.39. The lowest BCUT2D eigenvalue weighted by Crippen LogP contribution is -2.42. The Morgan fingerprint density at radius 2 is 1.72 bits per heavy atom. The molecule has 0 spiro atoms. The molecular formula is C11H14N2O4S. The van der Waals surface area contributed by atoms with Crippen molar-refractivity contribution >= 4 is 21.7 Å². The number of hydrogen-bond acceptors (Lipinski definition) is 4. The van der Waals surface area contributed by atoms with E-state index in [1.165, 1.54) is 38.1 Å². The predicted molar refractivity (Wildman–Crippen MR) is 65.4 cm³/mol. The molecule has 98 valence electrons. The Balaban J connectivity index is 2.99. The van der Waals surface area contributed by atoms with E-state index >= 15 is 0 Å². The van der Waals surface area contributed by atoms with Crippen LogP contribution in [0.1, 0.15) is 24.2 Å². The molecule has 1 rings (SSSR count). The zero-order valence-corrected chi connectivity index (χ0v) is 10.8. The molecular weight excluding hydrogens is 256 g/mol. The largest absolute Gasteiger partial charge is 0.368 e. The van der Waals surface area contributed by atoms with E-state index in [4.69, 9.17) is 5.73 Å². The van der Waals surface area contributed by atoms with Gasteiger partial charge in [-0.2, -0.15) is 4.72 Å². The fourth-order valence-electron chi connectivity index (χ4n) is 1.23. The van der Waals surface area contributed by atoms with Gasteiger partial charge in [0.05, 0.1) is 10.9 Å². The van der Waals surface area contributed by atoms with Crippen LogP contribution in [-0.2, 0) is 14.8 Å². The molecule has 6 nitrogen and oxygen atoms in total. The van der Waals surface area contributed by atoms with Gasteiger partial charge >= 0.3 is 0 Å². The molecule has 0 saturated heterocycles. The van der Waals surface area contributed by atoms with Crippen molar-refractivity contribution in [1.82, 2.24) is 4.72 Å². The molecule has 0 radical (unpaired) electrons. The van der Waals surface area contributed by atoms with Gasteiger partial charge < -0.3 is 5.73 Å². The van der Waals surface area contributed by atoms with Crippen LogP contribution in [0.25, 0.3) is 0 Å². The second-order valence-electron chi connectivity index (χ2n) is 3.83. The van der Waals surface area contributed by atoms with E-state index < -0.39 is 22.0 Å². The van der Waals surface area contributed by atoms with Gasteiger partial charge in [0.25, 0.3) is 0 Å². The molecule has 3 N–H and O–H groups in total. The Bertz CT molecular complexity index is 563. The number of carbonyl (C=O) groups excluding carboxylic acids is 2. The number of primary amides is 1. The first-order valence-electron chi connectivity index (χ1n) is 5.16.